The van der Waals surface area contributed by atoms with E-state index in [4.69, 9.17) is 5.11 Å². The van der Waals surface area contributed by atoms with E-state index in [-0.39, 0.29) is 17.8 Å². The van der Waals surface area contributed by atoms with E-state index >= 15 is 0 Å². The second-order valence-corrected chi connectivity index (χ2v) is 7.44. The molecule has 1 rings (SSSR count). The zero-order valence-corrected chi connectivity index (χ0v) is 16.8. The van der Waals surface area contributed by atoms with E-state index in [1.54, 1.807) is 18.2 Å². The maximum atomic E-state index is 12.1. The third-order valence-electron chi connectivity index (χ3n) is 5.03. The van der Waals surface area contributed by atoms with Gasteiger partial charge in [0.2, 0.25) is 0 Å². The van der Waals surface area contributed by atoms with Crippen LogP contribution in [0.5, 0.6) is 0 Å². The molecule has 4 nitrogen and oxygen atoms in total. The average Bonchev–Trinajstić information content (AvgIpc) is 2.66. The maximum absolute atomic E-state index is 12.1. The second kappa shape index (κ2) is 14.4. The minimum absolute atomic E-state index is 0.00128. The number of Topliss-reactive ketones (excluding diaryl/α,β-unsaturated/α-hetero) is 1. The van der Waals surface area contributed by atoms with Crippen LogP contribution in [0.2, 0.25) is 0 Å². The molecule has 1 atom stereocenters. The van der Waals surface area contributed by atoms with Gasteiger partial charge in [0.15, 0.2) is 0 Å². The summed E-state index contributed by atoms with van der Waals surface area (Å²) in [6.45, 7) is 2.24. The van der Waals surface area contributed by atoms with Gasteiger partial charge in [-0.2, -0.15) is 0 Å². The normalized spacial score (nSPS) is 12.1. The summed E-state index contributed by atoms with van der Waals surface area (Å²) in [4.78, 5) is 23.3. The third-order valence-corrected chi connectivity index (χ3v) is 5.03. The number of carboxylic acids is 1. The summed E-state index contributed by atoms with van der Waals surface area (Å²) >= 11 is 0. The lowest BCUT2D eigenvalue weighted by molar-refractivity contribution is -0.121. The van der Waals surface area contributed by atoms with Crippen molar-refractivity contribution >= 4 is 11.8 Å². The molecule has 2 N–H and O–H groups in total. The molecule has 0 aliphatic heterocycles. The van der Waals surface area contributed by atoms with Crippen LogP contribution in [0.4, 0.5) is 0 Å². The van der Waals surface area contributed by atoms with Crippen LogP contribution in [0, 0.1) is 0 Å². The molecule has 0 aromatic heterocycles. The Labute approximate surface area is 164 Å². The SMILES string of the molecule is CCCCCCCCCCCCCC(=O)CC(O)c1ccccc1C(=O)O. The van der Waals surface area contributed by atoms with Crippen LogP contribution in [-0.2, 0) is 4.79 Å². The lowest BCUT2D eigenvalue weighted by Crippen LogP contribution is -2.11. The van der Waals surface area contributed by atoms with Gasteiger partial charge in [0, 0.05) is 12.8 Å². The van der Waals surface area contributed by atoms with Gasteiger partial charge >= 0.3 is 5.97 Å². The van der Waals surface area contributed by atoms with Crippen LogP contribution in [0.3, 0.4) is 0 Å². The Bertz CT molecular complexity index is 553. The molecule has 0 fully saturated rings. The molecule has 0 saturated heterocycles. The van der Waals surface area contributed by atoms with E-state index in [9.17, 15) is 14.7 Å². The Morgan fingerprint density at radius 3 is 1.93 bits per heavy atom. The summed E-state index contributed by atoms with van der Waals surface area (Å²) < 4.78 is 0. The molecule has 0 aliphatic carbocycles. The number of carbonyl (C=O) groups is 2. The highest BCUT2D eigenvalue weighted by Gasteiger charge is 2.18. The highest BCUT2D eigenvalue weighted by Crippen LogP contribution is 2.22. The Morgan fingerprint density at radius 1 is 0.852 bits per heavy atom. The molecule has 1 aromatic carbocycles. The van der Waals surface area contributed by atoms with Crippen molar-refractivity contribution in [3.05, 3.63) is 35.4 Å². The van der Waals surface area contributed by atoms with Crippen molar-refractivity contribution in [2.75, 3.05) is 0 Å². The van der Waals surface area contributed by atoms with Gasteiger partial charge in [-0.25, -0.2) is 4.79 Å². The van der Waals surface area contributed by atoms with Crippen molar-refractivity contribution in [3.63, 3.8) is 0 Å². The van der Waals surface area contributed by atoms with Crippen LogP contribution < -0.4 is 0 Å². The highest BCUT2D eigenvalue weighted by atomic mass is 16.4. The van der Waals surface area contributed by atoms with E-state index in [1.165, 1.54) is 57.4 Å². The molecule has 0 aliphatic rings. The average molecular weight is 377 g/mol. The Hall–Kier alpha value is -1.68. The first-order valence-electron chi connectivity index (χ1n) is 10.6. The first kappa shape index (κ1) is 23.4. The summed E-state index contributed by atoms with van der Waals surface area (Å²) in [6, 6.07) is 6.32. The molecule has 0 spiro atoms. The number of carboxylic acid groups (broad SMARTS) is 1. The van der Waals surface area contributed by atoms with Crippen LogP contribution in [-0.4, -0.2) is 22.0 Å². The number of ketones is 1. The molecule has 27 heavy (non-hydrogen) atoms. The van der Waals surface area contributed by atoms with E-state index in [1.807, 2.05) is 0 Å². The van der Waals surface area contributed by atoms with Gasteiger partial charge in [-0.1, -0.05) is 89.3 Å². The number of aliphatic hydroxyl groups excluding tert-OH is 1. The van der Waals surface area contributed by atoms with Crippen molar-refractivity contribution < 1.29 is 19.8 Å². The fraction of sp³-hybridized carbons (Fsp3) is 0.652. The van der Waals surface area contributed by atoms with Gasteiger partial charge in [0.05, 0.1) is 11.7 Å². The lowest BCUT2D eigenvalue weighted by atomic mass is 9.97. The number of hydrogen-bond donors (Lipinski definition) is 2. The van der Waals surface area contributed by atoms with Gasteiger partial charge in [0.25, 0.3) is 0 Å². The molecular formula is C23H36O4. The molecular weight excluding hydrogens is 340 g/mol. The summed E-state index contributed by atoms with van der Waals surface area (Å²) in [7, 11) is 0. The Balaban J connectivity index is 2.12. The number of carbonyl (C=O) groups excluding carboxylic acids is 1. The molecule has 0 heterocycles. The molecule has 0 bridgehead atoms. The largest absolute Gasteiger partial charge is 0.478 e. The van der Waals surface area contributed by atoms with Crippen molar-refractivity contribution in [1.29, 1.82) is 0 Å². The first-order valence-corrected chi connectivity index (χ1v) is 10.6. The van der Waals surface area contributed by atoms with Gasteiger partial charge in [-0.15, -0.1) is 0 Å². The van der Waals surface area contributed by atoms with Crippen LogP contribution in [0.1, 0.15) is 112 Å². The fourth-order valence-electron chi connectivity index (χ4n) is 3.40. The van der Waals surface area contributed by atoms with E-state index < -0.39 is 12.1 Å². The van der Waals surface area contributed by atoms with Gasteiger partial charge in [-0.3, -0.25) is 4.79 Å². The Morgan fingerprint density at radius 2 is 1.37 bits per heavy atom. The molecule has 1 aromatic rings. The van der Waals surface area contributed by atoms with Crippen molar-refractivity contribution in [3.8, 4) is 0 Å². The number of benzene rings is 1. The van der Waals surface area contributed by atoms with Crippen LogP contribution in [0.25, 0.3) is 0 Å². The van der Waals surface area contributed by atoms with E-state index in [2.05, 4.69) is 6.92 Å². The minimum Gasteiger partial charge on any atom is -0.478 e. The number of unbranched alkanes of at least 4 members (excludes halogenated alkanes) is 10. The number of hydrogen-bond acceptors (Lipinski definition) is 3. The zero-order chi connectivity index (χ0) is 19.9. The van der Waals surface area contributed by atoms with Crippen molar-refractivity contribution in [1.82, 2.24) is 0 Å². The molecule has 152 valence electrons. The van der Waals surface area contributed by atoms with Crippen molar-refractivity contribution in [2.45, 2.75) is 96.5 Å². The van der Waals surface area contributed by atoms with Crippen LogP contribution in [0.15, 0.2) is 24.3 Å². The van der Waals surface area contributed by atoms with Crippen molar-refractivity contribution in [2.24, 2.45) is 0 Å². The summed E-state index contributed by atoms with van der Waals surface area (Å²) in [5.74, 6) is -1.08. The highest BCUT2D eigenvalue weighted by molar-refractivity contribution is 5.90. The van der Waals surface area contributed by atoms with Gasteiger partial charge in [-0.05, 0) is 18.1 Å². The lowest BCUT2D eigenvalue weighted by Gasteiger charge is -2.13. The predicted octanol–water partition coefficient (Wildman–Crippen LogP) is 6.08. The standard InChI is InChI=1S/C23H36O4/c1-2-3-4-5-6-7-8-9-10-11-12-15-19(24)18-22(25)20-16-13-14-17-21(20)23(26)27/h13-14,16-17,22,25H,2-12,15,18H2,1H3,(H,26,27). The summed E-state index contributed by atoms with van der Waals surface area (Å²) in [5, 5.41) is 19.4. The fourth-order valence-corrected chi connectivity index (χ4v) is 3.40. The molecule has 4 heteroatoms. The van der Waals surface area contributed by atoms with Gasteiger partial charge < -0.3 is 10.2 Å². The maximum Gasteiger partial charge on any atom is 0.336 e. The topological polar surface area (TPSA) is 74.6 Å². The monoisotopic (exact) mass is 376 g/mol. The summed E-state index contributed by atoms with van der Waals surface area (Å²) in [5.41, 5.74) is 0.379. The first-order chi connectivity index (χ1) is 13.1. The number of rotatable bonds is 16. The van der Waals surface area contributed by atoms with Crippen LogP contribution >= 0.6 is 0 Å². The molecule has 0 amide bonds. The molecule has 0 saturated carbocycles. The molecule has 0 radical (unpaired) electrons. The predicted molar refractivity (Wildman–Crippen MR) is 109 cm³/mol. The quantitative estimate of drug-likeness (QED) is 0.343. The summed E-state index contributed by atoms with van der Waals surface area (Å²) in [6.07, 6.45) is 13.0. The van der Waals surface area contributed by atoms with E-state index in [0.717, 1.165) is 19.3 Å². The van der Waals surface area contributed by atoms with E-state index in [0.29, 0.717) is 12.0 Å². The second-order valence-electron chi connectivity index (χ2n) is 7.44. The zero-order valence-electron chi connectivity index (χ0n) is 16.8. The minimum atomic E-state index is -1.08. The Kier molecular flexibility index (Phi) is 12.4. The third kappa shape index (κ3) is 10.3. The number of aromatic carboxylic acids is 1. The molecule has 1 unspecified atom stereocenters. The smallest absolute Gasteiger partial charge is 0.336 e. The number of aliphatic hydroxyl groups is 1. The van der Waals surface area contributed by atoms with Gasteiger partial charge in [0.1, 0.15) is 5.78 Å².